The minimum Gasteiger partial charge on any atom is -0.369 e. The van der Waals surface area contributed by atoms with Gasteiger partial charge in [-0.1, -0.05) is 0 Å². The molecule has 5 N–H and O–H groups in total. The fraction of sp³-hybridized carbons (Fsp3) is 0.615. The topological polar surface area (TPSA) is 111 Å². The second-order valence-electron chi connectivity index (χ2n) is 5.09. The van der Waals surface area contributed by atoms with E-state index in [0.717, 1.165) is 30.7 Å². The van der Waals surface area contributed by atoms with Crippen molar-refractivity contribution in [2.75, 3.05) is 6.54 Å². The molecule has 1 heterocycles. The molecule has 1 aliphatic rings. The number of nitrogens with two attached hydrogens (primary N) is 2. The lowest BCUT2D eigenvalue weighted by Gasteiger charge is -2.27. The molecule has 2 amide bonds. The Morgan fingerprint density at radius 2 is 2.05 bits per heavy atom. The summed E-state index contributed by atoms with van der Waals surface area (Å²) < 4.78 is 0. The van der Waals surface area contributed by atoms with Crippen LogP contribution in [0, 0.1) is 5.92 Å². The molecule has 0 saturated heterocycles. The van der Waals surface area contributed by atoms with Crippen LogP contribution in [0.1, 0.15) is 41.2 Å². The monoisotopic (exact) mass is 296 g/mol. The predicted molar refractivity (Wildman–Crippen MR) is 77.3 cm³/mol. The Labute approximate surface area is 121 Å². The van der Waals surface area contributed by atoms with E-state index in [1.165, 1.54) is 11.3 Å². The van der Waals surface area contributed by atoms with E-state index in [9.17, 15) is 9.59 Å². The van der Waals surface area contributed by atoms with Gasteiger partial charge in [-0.25, -0.2) is 4.98 Å². The largest absolute Gasteiger partial charge is 0.369 e. The van der Waals surface area contributed by atoms with Gasteiger partial charge in [0.25, 0.3) is 5.91 Å². The predicted octanol–water partition coefficient (Wildman–Crippen LogP) is 0.418. The molecule has 0 aromatic carbocycles. The summed E-state index contributed by atoms with van der Waals surface area (Å²) in [6.45, 7) is 0.533. The van der Waals surface area contributed by atoms with Gasteiger partial charge >= 0.3 is 0 Å². The molecule has 20 heavy (non-hydrogen) atoms. The molecule has 0 radical (unpaired) electrons. The molecular weight excluding hydrogens is 276 g/mol. The van der Waals surface area contributed by atoms with E-state index in [1.807, 2.05) is 0 Å². The molecule has 0 aliphatic heterocycles. The SMILES string of the molecule is NCCc1nc(C(=O)NC2CCC(C(N)=O)CC2)cs1. The third kappa shape index (κ3) is 3.77. The Morgan fingerprint density at radius 3 is 2.65 bits per heavy atom. The number of thiazole rings is 1. The van der Waals surface area contributed by atoms with E-state index < -0.39 is 0 Å². The van der Waals surface area contributed by atoms with Crippen molar-refractivity contribution >= 4 is 23.2 Å². The zero-order valence-electron chi connectivity index (χ0n) is 11.3. The first-order chi connectivity index (χ1) is 9.60. The van der Waals surface area contributed by atoms with E-state index in [0.29, 0.717) is 18.7 Å². The van der Waals surface area contributed by atoms with Crippen LogP contribution in [-0.2, 0) is 11.2 Å². The molecule has 1 aromatic heterocycles. The molecular formula is C13H20N4O2S. The van der Waals surface area contributed by atoms with Crippen molar-refractivity contribution in [3.8, 4) is 0 Å². The van der Waals surface area contributed by atoms with Crippen molar-refractivity contribution in [1.29, 1.82) is 0 Å². The van der Waals surface area contributed by atoms with Gasteiger partial charge in [0.15, 0.2) is 0 Å². The summed E-state index contributed by atoms with van der Waals surface area (Å²) in [6.07, 6.45) is 3.77. The van der Waals surface area contributed by atoms with Crippen LogP contribution < -0.4 is 16.8 Å². The van der Waals surface area contributed by atoms with Gasteiger partial charge in [0, 0.05) is 23.8 Å². The number of carbonyl (C=O) groups excluding carboxylic acids is 2. The second-order valence-corrected chi connectivity index (χ2v) is 6.03. The lowest BCUT2D eigenvalue weighted by molar-refractivity contribution is -0.122. The van der Waals surface area contributed by atoms with Gasteiger partial charge in [-0.05, 0) is 32.2 Å². The van der Waals surface area contributed by atoms with E-state index in [2.05, 4.69) is 10.3 Å². The Hall–Kier alpha value is -1.47. The number of nitrogens with one attached hydrogen (secondary N) is 1. The normalized spacial score (nSPS) is 22.4. The van der Waals surface area contributed by atoms with E-state index in [4.69, 9.17) is 11.5 Å². The van der Waals surface area contributed by atoms with Crippen molar-refractivity contribution < 1.29 is 9.59 Å². The molecule has 2 rings (SSSR count). The van der Waals surface area contributed by atoms with Crippen molar-refractivity contribution in [2.45, 2.75) is 38.1 Å². The molecule has 0 atom stereocenters. The highest BCUT2D eigenvalue weighted by Crippen LogP contribution is 2.24. The van der Waals surface area contributed by atoms with E-state index in [1.54, 1.807) is 5.38 Å². The molecule has 110 valence electrons. The molecule has 0 bridgehead atoms. The molecule has 1 saturated carbocycles. The Bertz CT molecular complexity index is 480. The van der Waals surface area contributed by atoms with Crippen molar-refractivity contribution in [2.24, 2.45) is 17.4 Å². The van der Waals surface area contributed by atoms with Crippen molar-refractivity contribution in [3.05, 3.63) is 16.1 Å². The smallest absolute Gasteiger partial charge is 0.270 e. The number of hydrogen-bond donors (Lipinski definition) is 3. The van der Waals surface area contributed by atoms with Gasteiger partial charge in [0.1, 0.15) is 5.69 Å². The van der Waals surface area contributed by atoms with Crippen LogP contribution in [-0.4, -0.2) is 29.4 Å². The van der Waals surface area contributed by atoms with Gasteiger partial charge in [0.05, 0.1) is 5.01 Å². The summed E-state index contributed by atoms with van der Waals surface area (Å²) in [7, 11) is 0. The van der Waals surface area contributed by atoms with Gasteiger partial charge in [-0.3, -0.25) is 9.59 Å². The first-order valence-corrected chi connectivity index (χ1v) is 7.72. The van der Waals surface area contributed by atoms with Crippen LogP contribution in [0.2, 0.25) is 0 Å². The summed E-state index contributed by atoms with van der Waals surface area (Å²) in [5.41, 5.74) is 11.2. The average Bonchev–Trinajstić information content (AvgIpc) is 2.88. The maximum atomic E-state index is 12.1. The fourth-order valence-electron chi connectivity index (χ4n) is 2.44. The first kappa shape index (κ1) is 14.9. The lowest BCUT2D eigenvalue weighted by atomic mass is 9.85. The zero-order valence-corrected chi connectivity index (χ0v) is 12.1. The van der Waals surface area contributed by atoms with Gasteiger partial charge in [-0.15, -0.1) is 11.3 Å². The van der Waals surface area contributed by atoms with Gasteiger partial charge < -0.3 is 16.8 Å². The molecule has 1 fully saturated rings. The number of amides is 2. The van der Waals surface area contributed by atoms with Crippen LogP contribution in [0.5, 0.6) is 0 Å². The molecule has 1 aliphatic carbocycles. The van der Waals surface area contributed by atoms with Crippen LogP contribution in [0.15, 0.2) is 5.38 Å². The van der Waals surface area contributed by atoms with Crippen LogP contribution in [0.25, 0.3) is 0 Å². The number of rotatable bonds is 5. The fourth-order valence-corrected chi connectivity index (χ4v) is 3.23. The zero-order chi connectivity index (χ0) is 14.5. The Kier molecular flexibility index (Phi) is 5.08. The highest BCUT2D eigenvalue weighted by atomic mass is 32.1. The standard InChI is InChI=1S/C13H20N4O2S/c14-6-5-11-17-10(7-20-11)13(19)16-9-3-1-8(2-4-9)12(15)18/h7-9H,1-6,14H2,(H2,15,18)(H,16,19). The third-order valence-corrected chi connectivity index (χ3v) is 4.52. The minimum absolute atomic E-state index is 0.0430. The summed E-state index contributed by atoms with van der Waals surface area (Å²) in [5.74, 6) is -0.425. The maximum Gasteiger partial charge on any atom is 0.270 e. The summed E-state index contributed by atoms with van der Waals surface area (Å²) in [4.78, 5) is 27.4. The second kappa shape index (κ2) is 6.81. The molecule has 1 aromatic rings. The average molecular weight is 296 g/mol. The van der Waals surface area contributed by atoms with Crippen LogP contribution in [0.3, 0.4) is 0 Å². The van der Waals surface area contributed by atoms with Crippen molar-refractivity contribution in [1.82, 2.24) is 10.3 Å². The molecule has 6 nitrogen and oxygen atoms in total. The van der Waals surface area contributed by atoms with Gasteiger partial charge in [-0.2, -0.15) is 0 Å². The van der Waals surface area contributed by atoms with Crippen LogP contribution in [0.4, 0.5) is 0 Å². The number of nitrogens with zero attached hydrogens (tertiary/aromatic N) is 1. The number of carbonyl (C=O) groups is 2. The Morgan fingerprint density at radius 1 is 1.35 bits per heavy atom. The Balaban J connectivity index is 1.84. The third-order valence-electron chi connectivity index (χ3n) is 3.61. The van der Waals surface area contributed by atoms with Gasteiger partial charge in [0.2, 0.25) is 5.91 Å². The lowest BCUT2D eigenvalue weighted by Crippen LogP contribution is -2.39. The van der Waals surface area contributed by atoms with Crippen molar-refractivity contribution in [3.63, 3.8) is 0 Å². The summed E-state index contributed by atoms with van der Waals surface area (Å²) >= 11 is 1.46. The maximum absolute atomic E-state index is 12.1. The quantitative estimate of drug-likeness (QED) is 0.731. The summed E-state index contributed by atoms with van der Waals surface area (Å²) in [5, 5.41) is 5.62. The highest BCUT2D eigenvalue weighted by molar-refractivity contribution is 7.09. The highest BCUT2D eigenvalue weighted by Gasteiger charge is 2.26. The molecule has 0 spiro atoms. The van der Waals surface area contributed by atoms with Crippen LogP contribution >= 0.6 is 11.3 Å². The minimum atomic E-state index is -0.235. The van der Waals surface area contributed by atoms with E-state index in [-0.39, 0.29) is 23.8 Å². The number of primary amides is 1. The van der Waals surface area contributed by atoms with E-state index >= 15 is 0 Å². The summed E-state index contributed by atoms with van der Waals surface area (Å²) in [6, 6.07) is 0.109. The number of aromatic nitrogens is 1. The molecule has 0 unspecified atom stereocenters. The molecule has 7 heteroatoms. The first-order valence-electron chi connectivity index (χ1n) is 6.84. The number of hydrogen-bond acceptors (Lipinski definition) is 5.